The van der Waals surface area contributed by atoms with Crippen LogP contribution < -0.4 is 9.62 Å². The zero-order chi connectivity index (χ0) is 25.0. The third kappa shape index (κ3) is 5.93. The Kier molecular flexibility index (Phi) is 8.29. The number of nitrogens with zero attached hydrogens (tertiary/aromatic N) is 2. The van der Waals surface area contributed by atoms with E-state index >= 15 is 0 Å². The molecule has 12 heteroatoms. The number of anilines is 1. The standard InChI is InChI=1S/C22H14Cl4FN3O3S/c23-14-1-4-18(5-2-14)34(32,33)30(20-10-15(24)3-6-19(20)27)21(11-28)22(31)29-12-13-7-16(25)9-17(26)8-13/h1-10,21H,12H2,(H,29,31). The summed E-state index contributed by atoms with van der Waals surface area (Å²) in [5.74, 6) is -2.01. The Morgan fingerprint density at radius 3 is 2.12 bits per heavy atom. The first-order valence-corrected chi connectivity index (χ1v) is 12.4. The fourth-order valence-corrected chi connectivity index (χ4v) is 5.39. The maximum absolute atomic E-state index is 14.8. The summed E-state index contributed by atoms with van der Waals surface area (Å²) >= 11 is 23.7. The Hall–Kier alpha value is -2.54. The van der Waals surface area contributed by atoms with Gasteiger partial charge in [0, 0.05) is 26.6 Å². The first kappa shape index (κ1) is 26.1. The highest BCUT2D eigenvalue weighted by molar-refractivity contribution is 7.93. The molecule has 34 heavy (non-hydrogen) atoms. The first-order valence-electron chi connectivity index (χ1n) is 9.40. The predicted molar refractivity (Wildman–Crippen MR) is 130 cm³/mol. The molecule has 0 aliphatic rings. The van der Waals surface area contributed by atoms with Gasteiger partial charge in [0.2, 0.25) is 6.04 Å². The van der Waals surface area contributed by atoms with Gasteiger partial charge in [-0.05, 0) is 66.2 Å². The molecule has 6 nitrogen and oxygen atoms in total. The van der Waals surface area contributed by atoms with Gasteiger partial charge in [0.1, 0.15) is 5.82 Å². The van der Waals surface area contributed by atoms with E-state index in [1.807, 2.05) is 0 Å². The monoisotopic (exact) mass is 559 g/mol. The summed E-state index contributed by atoms with van der Waals surface area (Å²) in [6, 6.07) is 12.3. The molecule has 0 aliphatic heterocycles. The van der Waals surface area contributed by atoms with E-state index in [4.69, 9.17) is 46.4 Å². The largest absolute Gasteiger partial charge is 0.349 e. The Morgan fingerprint density at radius 2 is 1.53 bits per heavy atom. The molecular formula is C22H14Cl4FN3O3S. The third-order valence-electron chi connectivity index (χ3n) is 4.51. The molecular weight excluding hydrogens is 547 g/mol. The maximum atomic E-state index is 14.8. The lowest BCUT2D eigenvalue weighted by Gasteiger charge is -2.28. The molecule has 1 N–H and O–H groups in total. The zero-order valence-electron chi connectivity index (χ0n) is 17.0. The minimum atomic E-state index is -4.61. The smallest absolute Gasteiger partial charge is 0.266 e. The van der Waals surface area contributed by atoms with E-state index in [0.29, 0.717) is 19.9 Å². The number of halogens is 5. The molecule has 1 amide bonds. The summed E-state index contributed by atoms with van der Waals surface area (Å²) in [6.45, 7) is -0.121. The van der Waals surface area contributed by atoms with Crippen molar-refractivity contribution in [2.45, 2.75) is 17.5 Å². The van der Waals surface area contributed by atoms with E-state index in [0.717, 1.165) is 12.1 Å². The van der Waals surface area contributed by atoms with E-state index < -0.39 is 33.5 Å². The lowest BCUT2D eigenvalue weighted by Crippen LogP contribution is -2.49. The van der Waals surface area contributed by atoms with Gasteiger partial charge in [0.15, 0.2) is 0 Å². The van der Waals surface area contributed by atoms with E-state index in [1.54, 1.807) is 6.07 Å². The Morgan fingerprint density at radius 1 is 0.941 bits per heavy atom. The topological polar surface area (TPSA) is 90.3 Å². The minimum absolute atomic E-state index is 0.00151. The van der Waals surface area contributed by atoms with Gasteiger partial charge in [-0.3, -0.25) is 4.79 Å². The van der Waals surface area contributed by atoms with Crippen molar-refractivity contribution in [1.82, 2.24) is 5.32 Å². The lowest BCUT2D eigenvalue weighted by atomic mass is 10.2. The summed E-state index contributed by atoms with van der Waals surface area (Å²) in [4.78, 5) is 12.7. The number of carbonyl (C=O) groups excluding carboxylic acids is 1. The molecule has 0 fully saturated rings. The molecule has 0 heterocycles. The highest BCUT2D eigenvalue weighted by Crippen LogP contribution is 2.31. The summed E-state index contributed by atoms with van der Waals surface area (Å²) in [5.41, 5.74) is -0.0708. The first-order chi connectivity index (χ1) is 16.0. The summed E-state index contributed by atoms with van der Waals surface area (Å²) in [6.07, 6.45) is 0. The number of carbonyl (C=O) groups is 1. The number of nitrogens with one attached hydrogen (secondary N) is 1. The summed E-state index contributed by atoms with van der Waals surface area (Å²) < 4.78 is 42.1. The molecule has 3 aromatic rings. The molecule has 1 unspecified atom stereocenters. The lowest BCUT2D eigenvalue weighted by molar-refractivity contribution is -0.121. The quantitative estimate of drug-likeness (QED) is 0.393. The van der Waals surface area contributed by atoms with E-state index in [-0.39, 0.29) is 21.5 Å². The molecule has 0 radical (unpaired) electrons. The highest BCUT2D eigenvalue weighted by atomic mass is 35.5. The van der Waals surface area contributed by atoms with Gasteiger partial charge in [-0.2, -0.15) is 5.26 Å². The number of hydrogen-bond donors (Lipinski definition) is 1. The fraction of sp³-hybridized carbons (Fsp3) is 0.0909. The van der Waals surface area contributed by atoms with Crippen molar-refractivity contribution >= 4 is 68.0 Å². The molecule has 3 rings (SSSR count). The Labute approximate surface area is 215 Å². The van der Waals surface area contributed by atoms with Crippen LogP contribution in [0.5, 0.6) is 0 Å². The van der Waals surface area contributed by atoms with Gasteiger partial charge in [-0.25, -0.2) is 17.1 Å². The second-order valence-corrected chi connectivity index (χ2v) is 10.4. The van der Waals surface area contributed by atoms with Crippen LogP contribution in [-0.4, -0.2) is 20.4 Å². The molecule has 0 bridgehead atoms. The van der Waals surface area contributed by atoms with Crippen LogP contribution in [0.15, 0.2) is 65.6 Å². The van der Waals surface area contributed by atoms with Crippen LogP contribution in [-0.2, 0) is 21.4 Å². The highest BCUT2D eigenvalue weighted by Gasteiger charge is 2.38. The van der Waals surface area contributed by atoms with Crippen LogP contribution >= 0.6 is 46.4 Å². The van der Waals surface area contributed by atoms with Crippen LogP contribution in [0.1, 0.15) is 5.56 Å². The van der Waals surface area contributed by atoms with E-state index in [2.05, 4.69) is 5.32 Å². The number of hydrogen-bond acceptors (Lipinski definition) is 4. The number of rotatable bonds is 7. The van der Waals surface area contributed by atoms with Crippen molar-refractivity contribution in [3.8, 4) is 6.07 Å². The van der Waals surface area contributed by atoms with Gasteiger partial charge in [0.05, 0.1) is 16.7 Å². The van der Waals surface area contributed by atoms with Crippen LogP contribution in [0, 0.1) is 17.1 Å². The summed E-state index contributed by atoms with van der Waals surface area (Å²) in [7, 11) is -4.61. The van der Waals surface area contributed by atoms with E-state index in [1.165, 1.54) is 48.5 Å². The van der Waals surface area contributed by atoms with Gasteiger partial charge < -0.3 is 5.32 Å². The fourth-order valence-electron chi connectivity index (χ4n) is 3.00. The number of amides is 1. The van der Waals surface area contributed by atoms with Crippen molar-refractivity contribution in [3.05, 3.63) is 92.1 Å². The molecule has 0 spiro atoms. The summed E-state index contributed by atoms with van der Waals surface area (Å²) in [5, 5.41) is 13.2. The van der Waals surface area contributed by atoms with Crippen molar-refractivity contribution in [2.24, 2.45) is 0 Å². The molecule has 176 valence electrons. The van der Waals surface area contributed by atoms with Crippen molar-refractivity contribution in [2.75, 3.05) is 4.31 Å². The van der Waals surface area contributed by atoms with Gasteiger partial charge in [-0.1, -0.05) is 46.4 Å². The predicted octanol–water partition coefficient (Wildman–Crippen LogP) is 5.84. The van der Waals surface area contributed by atoms with Crippen molar-refractivity contribution in [1.29, 1.82) is 5.26 Å². The number of sulfonamides is 1. The third-order valence-corrected chi connectivity index (χ3v) is 7.23. The van der Waals surface area contributed by atoms with Crippen LogP contribution in [0.4, 0.5) is 10.1 Å². The SMILES string of the molecule is N#CC(C(=O)NCc1cc(Cl)cc(Cl)c1)N(c1cc(Cl)ccc1F)S(=O)(=O)c1ccc(Cl)cc1. The average molecular weight is 561 g/mol. The van der Waals surface area contributed by atoms with Crippen LogP contribution in [0.3, 0.4) is 0 Å². The molecule has 3 aromatic carbocycles. The van der Waals surface area contributed by atoms with E-state index in [9.17, 15) is 22.9 Å². The van der Waals surface area contributed by atoms with Crippen molar-refractivity contribution < 1.29 is 17.6 Å². The van der Waals surface area contributed by atoms with Crippen molar-refractivity contribution in [3.63, 3.8) is 0 Å². The molecule has 0 aromatic heterocycles. The second-order valence-electron chi connectivity index (χ2n) is 6.88. The van der Waals surface area contributed by atoms with Gasteiger partial charge >= 0.3 is 0 Å². The zero-order valence-corrected chi connectivity index (χ0v) is 20.8. The Balaban J connectivity index is 2.04. The van der Waals surface area contributed by atoms with Gasteiger partial charge in [-0.15, -0.1) is 0 Å². The second kappa shape index (κ2) is 10.8. The number of benzene rings is 3. The molecule has 0 aliphatic carbocycles. The van der Waals surface area contributed by atoms with Gasteiger partial charge in [0.25, 0.3) is 15.9 Å². The normalized spacial score (nSPS) is 12.0. The molecule has 1 atom stereocenters. The Bertz CT molecular complexity index is 1360. The average Bonchev–Trinajstić information content (AvgIpc) is 2.77. The minimum Gasteiger partial charge on any atom is -0.349 e. The number of nitriles is 1. The van der Waals surface area contributed by atoms with Crippen LogP contribution in [0.2, 0.25) is 20.1 Å². The molecule has 0 saturated carbocycles. The maximum Gasteiger partial charge on any atom is 0.266 e. The molecule has 0 saturated heterocycles. The van der Waals surface area contributed by atoms with Crippen LogP contribution in [0.25, 0.3) is 0 Å².